The third-order valence-corrected chi connectivity index (χ3v) is 2.50. The van der Waals surface area contributed by atoms with Crippen LogP contribution in [0, 0.1) is 5.82 Å². The van der Waals surface area contributed by atoms with Crippen molar-refractivity contribution in [3.8, 4) is 0 Å². The number of piperazine rings is 1. The van der Waals surface area contributed by atoms with Crippen molar-refractivity contribution in [3.63, 3.8) is 0 Å². The molecule has 3 nitrogen and oxygen atoms in total. The molecule has 1 aromatic carbocycles. The minimum atomic E-state index is -0.567. The first-order chi connectivity index (χ1) is 7.18. The Morgan fingerprint density at radius 2 is 2.13 bits per heavy atom. The summed E-state index contributed by atoms with van der Waals surface area (Å²) in [5, 5.41) is 5.81. The largest absolute Gasteiger partial charge is 0.351 e. The summed E-state index contributed by atoms with van der Waals surface area (Å²) in [7, 11) is 0. The van der Waals surface area contributed by atoms with Crippen LogP contribution in [0.3, 0.4) is 0 Å². The van der Waals surface area contributed by atoms with Crippen LogP contribution in [0.15, 0.2) is 24.3 Å². The Morgan fingerprint density at radius 1 is 1.40 bits per heavy atom. The Kier molecular flexibility index (Phi) is 2.68. The number of amides is 1. The number of benzene rings is 1. The molecule has 0 bridgehead atoms. The SMILES string of the molecule is C[C@H]1CN[C@H](c2ccccc2F)C(=O)N1. The molecule has 1 fully saturated rings. The molecule has 0 saturated carbocycles. The van der Waals surface area contributed by atoms with Gasteiger partial charge in [-0.2, -0.15) is 0 Å². The van der Waals surface area contributed by atoms with Gasteiger partial charge in [-0.15, -0.1) is 0 Å². The van der Waals surface area contributed by atoms with Crippen LogP contribution in [0.4, 0.5) is 4.39 Å². The lowest BCUT2D eigenvalue weighted by molar-refractivity contribution is -0.125. The topological polar surface area (TPSA) is 41.1 Å². The lowest BCUT2D eigenvalue weighted by atomic mass is 10.0. The summed E-state index contributed by atoms with van der Waals surface area (Å²) in [5.41, 5.74) is 0.405. The molecule has 15 heavy (non-hydrogen) atoms. The Hall–Kier alpha value is -1.42. The average Bonchev–Trinajstić information content (AvgIpc) is 2.20. The summed E-state index contributed by atoms with van der Waals surface area (Å²) >= 11 is 0. The molecular weight excluding hydrogens is 195 g/mol. The number of hydrogen-bond acceptors (Lipinski definition) is 2. The predicted molar refractivity (Wildman–Crippen MR) is 54.7 cm³/mol. The van der Waals surface area contributed by atoms with Crippen molar-refractivity contribution < 1.29 is 9.18 Å². The number of carbonyl (C=O) groups excluding carboxylic acids is 1. The molecule has 0 aromatic heterocycles. The Bertz CT molecular complexity index is 381. The van der Waals surface area contributed by atoms with Crippen molar-refractivity contribution >= 4 is 5.91 Å². The zero-order chi connectivity index (χ0) is 10.8. The summed E-state index contributed by atoms with van der Waals surface area (Å²) in [4.78, 5) is 11.6. The fourth-order valence-corrected chi connectivity index (χ4v) is 1.72. The van der Waals surface area contributed by atoms with Crippen LogP contribution < -0.4 is 10.6 Å². The maximum absolute atomic E-state index is 13.4. The standard InChI is InChI=1S/C11H13FN2O/c1-7-6-13-10(11(15)14-7)8-4-2-3-5-9(8)12/h2-5,7,10,13H,6H2,1H3,(H,14,15)/t7-,10+/m0/s1. The minimum Gasteiger partial charge on any atom is -0.351 e. The third-order valence-electron chi connectivity index (χ3n) is 2.50. The molecule has 2 atom stereocenters. The van der Waals surface area contributed by atoms with Crippen LogP contribution in [0.2, 0.25) is 0 Å². The van der Waals surface area contributed by atoms with E-state index < -0.39 is 6.04 Å². The molecule has 0 spiro atoms. The van der Waals surface area contributed by atoms with E-state index in [0.717, 1.165) is 0 Å². The Labute approximate surface area is 87.7 Å². The maximum Gasteiger partial charge on any atom is 0.242 e. The number of rotatable bonds is 1. The summed E-state index contributed by atoms with van der Waals surface area (Å²) in [6, 6.07) is 5.86. The predicted octanol–water partition coefficient (Wildman–Crippen LogP) is 0.975. The monoisotopic (exact) mass is 208 g/mol. The molecule has 1 amide bonds. The van der Waals surface area contributed by atoms with E-state index in [1.54, 1.807) is 18.2 Å². The molecule has 0 unspecified atom stereocenters. The Morgan fingerprint density at radius 3 is 2.80 bits per heavy atom. The van der Waals surface area contributed by atoms with Crippen molar-refractivity contribution in [1.82, 2.24) is 10.6 Å². The van der Waals surface area contributed by atoms with Gasteiger partial charge in [-0.25, -0.2) is 4.39 Å². The second kappa shape index (κ2) is 3.98. The first-order valence-electron chi connectivity index (χ1n) is 4.96. The first kappa shape index (κ1) is 10.1. The van der Waals surface area contributed by atoms with Gasteiger partial charge in [0.2, 0.25) is 5.91 Å². The molecule has 1 aliphatic rings. The molecule has 1 aromatic rings. The maximum atomic E-state index is 13.4. The highest BCUT2D eigenvalue weighted by Gasteiger charge is 2.28. The molecule has 2 N–H and O–H groups in total. The zero-order valence-corrected chi connectivity index (χ0v) is 8.46. The minimum absolute atomic E-state index is 0.0977. The summed E-state index contributed by atoms with van der Waals surface area (Å²) in [6.07, 6.45) is 0. The summed E-state index contributed by atoms with van der Waals surface area (Å²) in [5.74, 6) is -0.515. The van der Waals surface area contributed by atoms with Gasteiger partial charge in [0, 0.05) is 18.2 Å². The second-order valence-electron chi connectivity index (χ2n) is 3.77. The van der Waals surface area contributed by atoms with Crippen molar-refractivity contribution in [2.45, 2.75) is 19.0 Å². The molecule has 80 valence electrons. The molecule has 0 aliphatic carbocycles. The van der Waals surface area contributed by atoms with E-state index >= 15 is 0 Å². The van der Waals surface area contributed by atoms with Crippen molar-refractivity contribution in [2.24, 2.45) is 0 Å². The highest BCUT2D eigenvalue weighted by molar-refractivity contribution is 5.84. The highest BCUT2D eigenvalue weighted by atomic mass is 19.1. The van der Waals surface area contributed by atoms with E-state index in [0.29, 0.717) is 12.1 Å². The molecule has 1 heterocycles. The first-order valence-corrected chi connectivity index (χ1v) is 4.96. The molecular formula is C11H13FN2O. The number of carbonyl (C=O) groups is 1. The lowest BCUT2D eigenvalue weighted by Gasteiger charge is -2.28. The van der Waals surface area contributed by atoms with Crippen molar-refractivity contribution in [1.29, 1.82) is 0 Å². The van der Waals surface area contributed by atoms with Crippen LogP contribution in [0.5, 0.6) is 0 Å². The lowest BCUT2D eigenvalue weighted by Crippen LogP contribution is -2.52. The normalized spacial score (nSPS) is 26.1. The fraction of sp³-hybridized carbons (Fsp3) is 0.364. The highest BCUT2D eigenvalue weighted by Crippen LogP contribution is 2.18. The van der Waals surface area contributed by atoms with E-state index in [4.69, 9.17) is 0 Å². The van der Waals surface area contributed by atoms with Gasteiger partial charge in [0.25, 0.3) is 0 Å². The van der Waals surface area contributed by atoms with E-state index in [1.165, 1.54) is 6.07 Å². The molecule has 1 aliphatic heterocycles. The van der Waals surface area contributed by atoms with Crippen molar-refractivity contribution in [3.05, 3.63) is 35.6 Å². The molecule has 1 saturated heterocycles. The van der Waals surface area contributed by atoms with E-state index in [-0.39, 0.29) is 17.8 Å². The van der Waals surface area contributed by atoms with Crippen molar-refractivity contribution in [2.75, 3.05) is 6.54 Å². The number of halogens is 1. The van der Waals surface area contributed by atoms with Gasteiger partial charge < -0.3 is 10.6 Å². The smallest absolute Gasteiger partial charge is 0.242 e. The fourth-order valence-electron chi connectivity index (χ4n) is 1.72. The van der Waals surface area contributed by atoms with Gasteiger partial charge in [-0.05, 0) is 13.0 Å². The molecule has 4 heteroatoms. The van der Waals surface area contributed by atoms with Gasteiger partial charge in [0.05, 0.1) is 0 Å². The average molecular weight is 208 g/mol. The molecule has 2 rings (SSSR count). The van der Waals surface area contributed by atoms with Gasteiger partial charge >= 0.3 is 0 Å². The van der Waals surface area contributed by atoms with Gasteiger partial charge in [-0.1, -0.05) is 18.2 Å². The van der Waals surface area contributed by atoms with Crippen LogP contribution in [-0.4, -0.2) is 18.5 Å². The zero-order valence-electron chi connectivity index (χ0n) is 8.46. The summed E-state index contributed by atoms with van der Waals surface area (Å²) in [6.45, 7) is 2.56. The van der Waals surface area contributed by atoms with E-state index in [1.807, 2.05) is 6.92 Å². The second-order valence-corrected chi connectivity index (χ2v) is 3.77. The quantitative estimate of drug-likeness (QED) is 0.722. The van der Waals surface area contributed by atoms with Crippen LogP contribution in [0.25, 0.3) is 0 Å². The van der Waals surface area contributed by atoms with Gasteiger partial charge in [0.1, 0.15) is 11.9 Å². The van der Waals surface area contributed by atoms with E-state index in [2.05, 4.69) is 10.6 Å². The number of hydrogen-bond donors (Lipinski definition) is 2. The summed E-state index contributed by atoms with van der Waals surface area (Å²) < 4.78 is 13.4. The molecule has 0 radical (unpaired) electrons. The van der Waals surface area contributed by atoms with Gasteiger partial charge in [-0.3, -0.25) is 4.79 Å². The van der Waals surface area contributed by atoms with E-state index in [9.17, 15) is 9.18 Å². The number of nitrogens with one attached hydrogen (secondary N) is 2. The van der Waals surface area contributed by atoms with Crippen LogP contribution >= 0.6 is 0 Å². The third kappa shape index (κ3) is 1.99. The van der Waals surface area contributed by atoms with Gasteiger partial charge in [0.15, 0.2) is 0 Å². The van der Waals surface area contributed by atoms with Crippen LogP contribution in [-0.2, 0) is 4.79 Å². The van der Waals surface area contributed by atoms with Crippen LogP contribution in [0.1, 0.15) is 18.5 Å². The Balaban J connectivity index is 2.24.